The van der Waals surface area contributed by atoms with Crippen LogP contribution in [0.3, 0.4) is 0 Å². The summed E-state index contributed by atoms with van der Waals surface area (Å²) in [5, 5.41) is 10.2. The van der Waals surface area contributed by atoms with Crippen molar-refractivity contribution in [2.75, 3.05) is 25.0 Å². The molecule has 3 unspecified atom stereocenters. The van der Waals surface area contributed by atoms with Gasteiger partial charge in [0.2, 0.25) is 0 Å². The van der Waals surface area contributed by atoms with Gasteiger partial charge in [0.25, 0.3) is 0 Å². The van der Waals surface area contributed by atoms with Crippen molar-refractivity contribution >= 4 is 35.8 Å². The second-order valence-electron chi connectivity index (χ2n) is 6.47. The predicted molar refractivity (Wildman–Crippen MR) is 113 cm³/mol. The number of pyridine rings is 1. The number of hydrogen-bond donors (Lipinski definition) is 3. The Morgan fingerprint density at radius 3 is 2.92 bits per heavy atom. The van der Waals surface area contributed by atoms with Crippen molar-refractivity contribution in [3.63, 3.8) is 0 Å². The first-order valence-electron chi connectivity index (χ1n) is 9.20. The Bertz CT molecular complexity index is 527. The second-order valence-corrected chi connectivity index (χ2v) is 6.47. The Balaban J connectivity index is 0.00000225. The highest BCUT2D eigenvalue weighted by molar-refractivity contribution is 14.0. The Kier molecular flexibility index (Phi) is 8.74. The zero-order valence-electron chi connectivity index (χ0n) is 14.9. The van der Waals surface area contributed by atoms with Crippen LogP contribution in [0.4, 0.5) is 5.82 Å². The molecule has 2 aliphatic heterocycles. The lowest BCUT2D eigenvalue weighted by atomic mass is 9.96. The Morgan fingerprint density at radius 1 is 1.32 bits per heavy atom. The van der Waals surface area contributed by atoms with Gasteiger partial charge in [-0.2, -0.15) is 0 Å². The average molecular weight is 459 g/mol. The molecule has 0 radical (unpaired) electrons. The van der Waals surface area contributed by atoms with E-state index >= 15 is 0 Å². The van der Waals surface area contributed by atoms with Gasteiger partial charge in [0.05, 0.1) is 18.2 Å². The van der Waals surface area contributed by atoms with E-state index in [1.165, 1.54) is 12.8 Å². The van der Waals surface area contributed by atoms with E-state index in [-0.39, 0.29) is 24.0 Å². The van der Waals surface area contributed by atoms with Gasteiger partial charge in [0.1, 0.15) is 5.82 Å². The van der Waals surface area contributed by atoms with Crippen molar-refractivity contribution < 1.29 is 4.74 Å². The number of rotatable bonds is 8. The third kappa shape index (κ3) is 6.29. The van der Waals surface area contributed by atoms with Crippen LogP contribution in [0.5, 0.6) is 0 Å². The lowest BCUT2D eigenvalue weighted by Crippen LogP contribution is -2.47. The fraction of sp³-hybridized carbons (Fsp3) is 0.667. The van der Waals surface area contributed by atoms with Gasteiger partial charge in [0, 0.05) is 25.8 Å². The molecule has 7 heteroatoms. The number of aliphatic imine (C=N–C) groups is 1. The van der Waals surface area contributed by atoms with E-state index in [1.54, 1.807) is 6.20 Å². The first-order valence-corrected chi connectivity index (χ1v) is 9.20. The maximum atomic E-state index is 5.90. The van der Waals surface area contributed by atoms with E-state index in [0.717, 1.165) is 50.7 Å². The quantitative estimate of drug-likeness (QED) is 0.242. The molecule has 0 aromatic carbocycles. The van der Waals surface area contributed by atoms with Crippen LogP contribution in [-0.2, 0) is 4.74 Å². The standard InChI is InChI=1S/C18H29N5O.HI/c1-2-19-18(23-15-13-14-8-9-16(15)24-14)22-12-6-5-11-21-17-7-3-4-10-20-17;/h3-4,7,10,14-16H,2,5-6,8-9,11-13H2,1H3,(H,20,21)(H2,19,22,23);1H. The van der Waals surface area contributed by atoms with Gasteiger partial charge < -0.3 is 20.7 Å². The lowest BCUT2D eigenvalue weighted by molar-refractivity contribution is 0.0992. The van der Waals surface area contributed by atoms with Crippen LogP contribution >= 0.6 is 24.0 Å². The number of guanidine groups is 1. The predicted octanol–water partition coefficient (Wildman–Crippen LogP) is 2.77. The van der Waals surface area contributed by atoms with Crippen LogP contribution in [0.15, 0.2) is 29.4 Å². The molecule has 2 bridgehead atoms. The summed E-state index contributed by atoms with van der Waals surface area (Å²) < 4.78 is 5.90. The van der Waals surface area contributed by atoms with Crippen LogP contribution in [0, 0.1) is 0 Å². The van der Waals surface area contributed by atoms with Crippen LogP contribution in [0.25, 0.3) is 0 Å². The molecule has 3 N–H and O–H groups in total. The van der Waals surface area contributed by atoms with Gasteiger partial charge in [-0.1, -0.05) is 6.07 Å². The largest absolute Gasteiger partial charge is 0.373 e. The molecule has 3 rings (SSSR count). The average Bonchev–Trinajstić information content (AvgIpc) is 3.22. The number of anilines is 1. The molecule has 0 saturated carbocycles. The highest BCUT2D eigenvalue weighted by Crippen LogP contribution is 2.34. The first kappa shape index (κ1) is 20.2. The highest BCUT2D eigenvalue weighted by Gasteiger charge is 2.41. The highest BCUT2D eigenvalue weighted by atomic mass is 127. The molecule has 2 aliphatic rings. The van der Waals surface area contributed by atoms with Crippen molar-refractivity contribution in [3.8, 4) is 0 Å². The number of nitrogens with zero attached hydrogens (tertiary/aromatic N) is 2. The molecule has 25 heavy (non-hydrogen) atoms. The zero-order chi connectivity index (χ0) is 16.6. The molecule has 2 fully saturated rings. The lowest BCUT2D eigenvalue weighted by Gasteiger charge is -2.22. The number of ether oxygens (including phenoxy) is 1. The summed E-state index contributed by atoms with van der Waals surface area (Å²) >= 11 is 0. The van der Waals surface area contributed by atoms with Crippen molar-refractivity contribution in [2.45, 2.75) is 57.3 Å². The SMILES string of the molecule is CCNC(=NCCCCNc1ccccn1)NC1CC2CCC1O2.I. The van der Waals surface area contributed by atoms with Crippen molar-refractivity contribution in [1.29, 1.82) is 0 Å². The number of hydrogen-bond acceptors (Lipinski definition) is 4. The minimum absolute atomic E-state index is 0. The molecular weight excluding hydrogens is 429 g/mol. The molecule has 0 spiro atoms. The summed E-state index contributed by atoms with van der Waals surface area (Å²) in [6.45, 7) is 4.75. The summed E-state index contributed by atoms with van der Waals surface area (Å²) in [5.74, 6) is 1.86. The third-order valence-electron chi connectivity index (χ3n) is 4.60. The summed E-state index contributed by atoms with van der Waals surface area (Å²) in [6.07, 6.45) is 8.30. The summed E-state index contributed by atoms with van der Waals surface area (Å²) in [5.41, 5.74) is 0. The minimum Gasteiger partial charge on any atom is -0.373 e. The van der Waals surface area contributed by atoms with Crippen LogP contribution < -0.4 is 16.0 Å². The fourth-order valence-electron chi connectivity index (χ4n) is 3.40. The monoisotopic (exact) mass is 459 g/mol. The molecular formula is C18H30IN5O. The molecule has 140 valence electrons. The van der Waals surface area contributed by atoms with Crippen LogP contribution in [-0.4, -0.2) is 48.8 Å². The van der Waals surface area contributed by atoms with Gasteiger partial charge >= 0.3 is 0 Å². The molecule has 3 atom stereocenters. The van der Waals surface area contributed by atoms with E-state index in [1.807, 2.05) is 18.2 Å². The number of halogens is 1. The number of fused-ring (bicyclic) bond motifs is 2. The third-order valence-corrected chi connectivity index (χ3v) is 4.60. The molecule has 2 saturated heterocycles. The molecule has 1 aromatic heterocycles. The molecule has 3 heterocycles. The smallest absolute Gasteiger partial charge is 0.191 e. The van der Waals surface area contributed by atoms with E-state index in [2.05, 4.69) is 27.9 Å². The minimum atomic E-state index is 0. The first-order chi connectivity index (χ1) is 11.8. The van der Waals surface area contributed by atoms with Gasteiger partial charge in [-0.25, -0.2) is 4.98 Å². The van der Waals surface area contributed by atoms with E-state index in [0.29, 0.717) is 18.2 Å². The summed E-state index contributed by atoms with van der Waals surface area (Å²) in [6, 6.07) is 6.33. The molecule has 0 aliphatic carbocycles. The molecule has 0 amide bonds. The normalized spacial score (nSPS) is 24.7. The Hall–Kier alpha value is -1.09. The molecule has 6 nitrogen and oxygen atoms in total. The second kappa shape index (κ2) is 10.8. The van der Waals surface area contributed by atoms with Crippen molar-refractivity contribution in [1.82, 2.24) is 15.6 Å². The number of unbranched alkanes of at least 4 members (excludes halogenated alkanes) is 1. The van der Waals surface area contributed by atoms with E-state index in [9.17, 15) is 0 Å². The van der Waals surface area contributed by atoms with Crippen LogP contribution in [0.1, 0.15) is 39.0 Å². The van der Waals surface area contributed by atoms with E-state index < -0.39 is 0 Å². The molecule has 1 aromatic rings. The maximum absolute atomic E-state index is 5.90. The zero-order valence-corrected chi connectivity index (χ0v) is 17.2. The Morgan fingerprint density at radius 2 is 2.24 bits per heavy atom. The van der Waals surface area contributed by atoms with Gasteiger partial charge in [-0.3, -0.25) is 4.99 Å². The van der Waals surface area contributed by atoms with Gasteiger partial charge in [-0.05, 0) is 51.2 Å². The summed E-state index contributed by atoms with van der Waals surface area (Å²) in [4.78, 5) is 8.96. The number of aromatic nitrogens is 1. The fourth-order valence-corrected chi connectivity index (χ4v) is 3.40. The Labute approximate surface area is 167 Å². The van der Waals surface area contributed by atoms with Crippen molar-refractivity contribution in [2.24, 2.45) is 4.99 Å². The summed E-state index contributed by atoms with van der Waals surface area (Å²) in [7, 11) is 0. The maximum Gasteiger partial charge on any atom is 0.191 e. The van der Waals surface area contributed by atoms with Crippen LogP contribution in [0.2, 0.25) is 0 Å². The van der Waals surface area contributed by atoms with E-state index in [4.69, 9.17) is 9.73 Å². The number of nitrogens with one attached hydrogen (secondary N) is 3. The van der Waals surface area contributed by atoms with Gasteiger partial charge in [-0.15, -0.1) is 24.0 Å². The van der Waals surface area contributed by atoms with Gasteiger partial charge in [0.15, 0.2) is 5.96 Å². The topological polar surface area (TPSA) is 70.6 Å². The van der Waals surface area contributed by atoms with Crippen molar-refractivity contribution in [3.05, 3.63) is 24.4 Å².